The van der Waals surface area contributed by atoms with Gasteiger partial charge in [-0.2, -0.15) is 4.98 Å². The lowest BCUT2D eigenvalue weighted by Gasteiger charge is -2.06. The first-order valence-corrected chi connectivity index (χ1v) is 6.94. The van der Waals surface area contributed by atoms with E-state index in [1.807, 2.05) is 12.1 Å². The second kappa shape index (κ2) is 5.53. The van der Waals surface area contributed by atoms with Gasteiger partial charge in [-0.15, -0.1) is 0 Å². The number of rotatable bonds is 2. The van der Waals surface area contributed by atoms with Gasteiger partial charge in [-0.1, -0.05) is 35.0 Å². The van der Waals surface area contributed by atoms with Crippen molar-refractivity contribution in [2.24, 2.45) is 0 Å². The second-order valence-electron chi connectivity index (χ2n) is 5.20. The van der Waals surface area contributed by atoms with Crippen LogP contribution in [0.15, 0.2) is 28.8 Å². The summed E-state index contributed by atoms with van der Waals surface area (Å²) in [4.78, 5) is 4.57. The Morgan fingerprint density at radius 2 is 2.00 bits per heavy atom. The maximum atomic E-state index is 5.46. The highest BCUT2D eigenvalue weighted by Crippen LogP contribution is 2.26. The molecule has 19 heavy (non-hydrogen) atoms. The van der Waals surface area contributed by atoms with Crippen LogP contribution in [0.3, 0.4) is 0 Å². The van der Waals surface area contributed by atoms with E-state index >= 15 is 0 Å². The van der Waals surface area contributed by atoms with Crippen molar-refractivity contribution in [1.82, 2.24) is 15.5 Å². The van der Waals surface area contributed by atoms with Crippen molar-refractivity contribution < 1.29 is 4.52 Å². The Morgan fingerprint density at radius 1 is 1.16 bits per heavy atom. The van der Waals surface area contributed by atoms with E-state index in [0.29, 0.717) is 11.7 Å². The molecular weight excluding hydrogens is 238 g/mol. The Bertz CT molecular complexity index is 525. The summed E-state index contributed by atoms with van der Waals surface area (Å²) >= 11 is 0. The molecule has 0 unspecified atom stereocenters. The van der Waals surface area contributed by atoms with E-state index in [4.69, 9.17) is 4.52 Å². The number of aromatic nitrogens is 2. The van der Waals surface area contributed by atoms with Crippen molar-refractivity contribution >= 4 is 0 Å². The van der Waals surface area contributed by atoms with E-state index in [9.17, 15) is 0 Å². The Labute approximate surface area is 113 Å². The molecule has 1 aliphatic rings. The van der Waals surface area contributed by atoms with Gasteiger partial charge in [0.25, 0.3) is 0 Å². The molecule has 0 amide bonds. The molecule has 0 spiro atoms. The Kier molecular flexibility index (Phi) is 3.60. The molecule has 4 heteroatoms. The van der Waals surface area contributed by atoms with Crippen molar-refractivity contribution in [3.63, 3.8) is 0 Å². The molecule has 0 radical (unpaired) electrons. The summed E-state index contributed by atoms with van der Waals surface area (Å²) in [6.45, 7) is 4.20. The zero-order valence-electron chi connectivity index (χ0n) is 11.2. The van der Waals surface area contributed by atoms with Crippen LogP contribution in [-0.4, -0.2) is 23.2 Å². The van der Waals surface area contributed by atoms with Gasteiger partial charge < -0.3 is 9.84 Å². The molecule has 0 saturated carbocycles. The van der Waals surface area contributed by atoms with Crippen LogP contribution >= 0.6 is 0 Å². The van der Waals surface area contributed by atoms with Crippen LogP contribution in [0, 0.1) is 6.92 Å². The molecule has 1 aromatic carbocycles. The largest absolute Gasteiger partial charge is 0.339 e. The van der Waals surface area contributed by atoms with Crippen LogP contribution in [0.4, 0.5) is 0 Å². The summed E-state index contributed by atoms with van der Waals surface area (Å²) < 4.78 is 5.46. The summed E-state index contributed by atoms with van der Waals surface area (Å²) in [6, 6.07) is 8.22. The first-order chi connectivity index (χ1) is 9.33. The summed E-state index contributed by atoms with van der Waals surface area (Å²) in [5.74, 6) is 1.90. The van der Waals surface area contributed by atoms with Gasteiger partial charge in [0.15, 0.2) is 0 Å². The van der Waals surface area contributed by atoms with Gasteiger partial charge in [0.05, 0.1) is 0 Å². The van der Waals surface area contributed by atoms with Crippen molar-refractivity contribution in [3.8, 4) is 11.4 Å². The average molecular weight is 257 g/mol. The minimum atomic E-state index is 0.404. The van der Waals surface area contributed by atoms with E-state index < -0.39 is 0 Å². The van der Waals surface area contributed by atoms with Crippen LogP contribution in [0.25, 0.3) is 11.4 Å². The third-order valence-corrected chi connectivity index (χ3v) is 3.68. The maximum absolute atomic E-state index is 5.46. The van der Waals surface area contributed by atoms with Gasteiger partial charge in [0.1, 0.15) is 0 Å². The number of benzene rings is 1. The summed E-state index contributed by atoms with van der Waals surface area (Å²) in [5.41, 5.74) is 2.26. The molecule has 1 aliphatic heterocycles. The lowest BCUT2D eigenvalue weighted by Crippen LogP contribution is -2.13. The molecule has 2 heterocycles. The molecular formula is C15H19N3O. The fourth-order valence-electron chi connectivity index (χ4n) is 2.49. The average Bonchev–Trinajstić information content (AvgIpc) is 2.76. The van der Waals surface area contributed by atoms with Crippen molar-refractivity contribution in [1.29, 1.82) is 0 Å². The number of hydrogen-bond donors (Lipinski definition) is 1. The number of aryl methyl sites for hydroxylation is 1. The lowest BCUT2D eigenvalue weighted by molar-refractivity contribution is 0.343. The van der Waals surface area contributed by atoms with Gasteiger partial charge in [-0.05, 0) is 39.3 Å². The SMILES string of the molecule is Cc1ccc(-c2noc([C@H]3CCCNCC3)n2)cc1. The summed E-state index contributed by atoms with van der Waals surface area (Å²) in [6.07, 6.45) is 3.38. The molecule has 0 aliphatic carbocycles. The van der Waals surface area contributed by atoms with Crippen LogP contribution in [0.5, 0.6) is 0 Å². The van der Waals surface area contributed by atoms with Gasteiger partial charge in [0, 0.05) is 11.5 Å². The Hall–Kier alpha value is -1.68. The predicted molar refractivity (Wildman–Crippen MR) is 73.9 cm³/mol. The van der Waals surface area contributed by atoms with E-state index in [1.54, 1.807) is 0 Å². The minimum Gasteiger partial charge on any atom is -0.339 e. The molecule has 2 aromatic rings. The number of hydrogen-bond acceptors (Lipinski definition) is 4. The number of nitrogens with one attached hydrogen (secondary N) is 1. The molecule has 1 saturated heterocycles. The zero-order chi connectivity index (χ0) is 13.1. The number of nitrogens with zero attached hydrogens (tertiary/aromatic N) is 2. The molecule has 3 rings (SSSR count). The maximum Gasteiger partial charge on any atom is 0.230 e. The zero-order valence-corrected chi connectivity index (χ0v) is 11.2. The summed E-state index contributed by atoms with van der Waals surface area (Å²) in [7, 11) is 0. The highest BCUT2D eigenvalue weighted by molar-refractivity contribution is 5.54. The monoisotopic (exact) mass is 257 g/mol. The van der Waals surface area contributed by atoms with E-state index in [2.05, 4.69) is 34.5 Å². The third-order valence-electron chi connectivity index (χ3n) is 3.68. The van der Waals surface area contributed by atoms with Gasteiger partial charge in [-0.25, -0.2) is 0 Å². The smallest absolute Gasteiger partial charge is 0.230 e. The minimum absolute atomic E-state index is 0.404. The van der Waals surface area contributed by atoms with Crippen molar-refractivity contribution in [3.05, 3.63) is 35.7 Å². The van der Waals surface area contributed by atoms with Crippen molar-refractivity contribution in [2.75, 3.05) is 13.1 Å². The van der Waals surface area contributed by atoms with E-state index in [-0.39, 0.29) is 0 Å². The molecule has 100 valence electrons. The first-order valence-electron chi connectivity index (χ1n) is 6.94. The first kappa shape index (κ1) is 12.4. The molecule has 4 nitrogen and oxygen atoms in total. The van der Waals surface area contributed by atoms with Gasteiger partial charge in [-0.3, -0.25) is 0 Å². The second-order valence-corrected chi connectivity index (χ2v) is 5.20. The topological polar surface area (TPSA) is 51.0 Å². The van der Waals surface area contributed by atoms with E-state index in [1.165, 1.54) is 12.0 Å². The normalized spacial score (nSPS) is 20.2. The van der Waals surface area contributed by atoms with Crippen LogP contribution < -0.4 is 5.32 Å². The Morgan fingerprint density at radius 3 is 2.84 bits per heavy atom. The quantitative estimate of drug-likeness (QED) is 0.898. The molecule has 1 N–H and O–H groups in total. The van der Waals surface area contributed by atoms with Crippen LogP contribution in [-0.2, 0) is 0 Å². The van der Waals surface area contributed by atoms with Crippen LogP contribution in [0.1, 0.15) is 36.6 Å². The van der Waals surface area contributed by atoms with Crippen molar-refractivity contribution in [2.45, 2.75) is 32.1 Å². The molecule has 1 atom stereocenters. The molecule has 1 aromatic heterocycles. The van der Waals surface area contributed by atoms with Gasteiger partial charge in [0.2, 0.25) is 11.7 Å². The highest BCUT2D eigenvalue weighted by Gasteiger charge is 2.20. The Balaban J connectivity index is 1.80. The summed E-state index contributed by atoms with van der Waals surface area (Å²) in [5, 5.41) is 7.52. The van der Waals surface area contributed by atoms with E-state index in [0.717, 1.165) is 37.4 Å². The highest BCUT2D eigenvalue weighted by atomic mass is 16.5. The molecule has 1 fully saturated rings. The van der Waals surface area contributed by atoms with Crippen LogP contribution in [0.2, 0.25) is 0 Å². The lowest BCUT2D eigenvalue weighted by atomic mass is 10.0. The molecule has 0 bridgehead atoms. The predicted octanol–water partition coefficient (Wildman–Crippen LogP) is 2.90. The third kappa shape index (κ3) is 2.84. The van der Waals surface area contributed by atoms with Gasteiger partial charge >= 0.3 is 0 Å². The standard InChI is InChI=1S/C15H19N3O/c1-11-4-6-12(7-5-11)14-17-15(19-18-14)13-3-2-9-16-10-8-13/h4-7,13,16H,2-3,8-10H2,1H3/t13-/m0/s1. The fraction of sp³-hybridized carbons (Fsp3) is 0.467. The fourth-order valence-corrected chi connectivity index (χ4v) is 2.49.